The van der Waals surface area contributed by atoms with E-state index >= 15 is 0 Å². The Morgan fingerprint density at radius 3 is 2.00 bits per heavy atom. The number of hydrogen-bond donors (Lipinski definition) is 0. The van der Waals surface area contributed by atoms with Crippen LogP contribution in [0.15, 0.2) is 0 Å². The van der Waals surface area contributed by atoms with Gasteiger partial charge in [0.05, 0.1) is 18.8 Å². The van der Waals surface area contributed by atoms with Crippen molar-refractivity contribution in [1.29, 1.82) is 0 Å². The van der Waals surface area contributed by atoms with Crippen LogP contribution in [0.2, 0.25) is 0 Å². The van der Waals surface area contributed by atoms with Gasteiger partial charge >= 0.3 is 0 Å². The molecule has 4 saturated carbocycles. The van der Waals surface area contributed by atoms with Crippen LogP contribution in [0, 0.1) is 17.8 Å². The van der Waals surface area contributed by atoms with Gasteiger partial charge in [-0.15, -0.1) is 0 Å². The highest BCUT2D eigenvalue weighted by Gasteiger charge is 2.52. The van der Waals surface area contributed by atoms with Crippen LogP contribution in [0.4, 0.5) is 0 Å². The molecular weight excluding hydrogens is 188 g/mol. The Bertz CT molecular complexity index is 234. The quantitative estimate of drug-likeness (QED) is 0.664. The molecule has 4 aliphatic carbocycles. The maximum absolute atomic E-state index is 6.24. The van der Waals surface area contributed by atoms with Crippen LogP contribution >= 0.6 is 0 Å². The summed E-state index contributed by atoms with van der Waals surface area (Å²) in [6, 6.07) is 0. The van der Waals surface area contributed by atoms with Crippen molar-refractivity contribution in [2.24, 2.45) is 17.8 Å². The number of hydrogen-bond acceptors (Lipinski definition) is 2. The molecule has 4 bridgehead atoms. The van der Waals surface area contributed by atoms with E-state index in [1.807, 2.05) is 0 Å². The Morgan fingerprint density at radius 1 is 1.00 bits per heavy atom. The van der Waals surface area contributed by atoms with Crippen LogP contribution < -0.4 is 0 Å². The van der Waals surface area contributed by atoms with Crippen molar-refractivity contribution >= 4 is 0 Å². The predicted molar refractivity (Wildman–Crippen MR) is 56.6 cm³/mol. The summed E-state index contributed by atoms with van der Waals surface area (Å²) in [5.41, 5.74) is 0.292. The van der Waals surface area contributed by atoms with E-state index in [4.69, 9.17) is 9.47 Å². The van der Waals surface area contributed by atoms with Gasteiger partial charge in [-0.3, -0.25) is 0 Å². The van der Waals surface area contributed by atoms with Gasteiger partial charge in [-0.1, -0.05) is 0 Å². The minimum absolute atomic E-state index is 0.292. The molecule has 0 spiro atoms. The third-order valence-corrected chi connectivity index (χ3v) is 4.96. The van der Waals surface area contributed by atoms with Gasteiger partial charge in [-0.05, 0) is 56.3 Å². The molecule has 5 rings (SSSR count). The maximum Gasteiger partial charge on any atom is 0.104 e. The highest BCUT2D eigenvalue weighted by atomic mass is 16.6. The van der Waals surface area contributed by atoms with E-state index in [9.17, 15) is 0 Å². The van der Waals surface area contributed by atoms with Gasteiger partial charge in [0.25, 0.3) is 0 Å². The summed E-state index contributed by atoms with van der Waals surface area (Å²) in [7, 11) is 0. The second kappa shape index (κ2) is 2.98. The largest absolute Gasteiger partial charge is 0.372 e. The van der Waals surface area contributed by atoms with E-state index < -0.39 is 0 Å². The monoisotopic (exact) mass is 208 g/mol. The average Bonchev–Trinajstić information content (AvgIpc) is 2.95. The fraction of sp³-hybridized carbons (Fsp3) is 1.00. The summed E-state index contributed by atoms with van der Waals surface area (Å²) in [6.07, 6.45) is 9.01. The highest BCUT2D eigenvalue weighted by molar-refractivity contribution is 5.03. The van der Waals surface area contributed by atoms with Crippen molar-refractivity contribution in [3.63, 3.8) is 0 Å². The summed E-state index contributed by atoms with van der Waals surface area (Å²) in [5, 5.41) is 0. The Balaban J connectivity index is 1.50. The Hall–Kier alpha value is -0.0800. The standard InChI is InChI=1S/C13H20O2/c1-9-2-11-3-10(1)5-13(4-9,6-11)15-8-12-7-14-12/h9-12H,1-8H2/t9?,10?,11?,12-,13?/m1/s1. The van der Waals surface area contributed by atoms with Gasteiger partial charge < -0.3 is 9.47 Å². The van der Waals surface area contributed by atoms with E-state index in [1.54, 1.807) is 0 Å². The van der Waals surface area contributed by atoms with Gasteiger partial charge in [-0.2, -0.15) is 0 Å². The number of ether oxygens (including phenoxy) is 2. The van der Waals surface area contributed by atoms with Gasteiger partial charge in [0, 0.05) is 0 Å². The maximum atomic E-state index is 6.24. The summed E-state index contributed by atoms with van der Waals surface area (Å²) in [6.45, 7) is 1.80. The molecule has 0 N–H and O–H groups in total. The van der Waals surface area contributed by atoms with Crippen LogP contribution in [0.25, 0.3) is 0 Å². The van der Waals surface area contributed by atoms with Crippen molar-refractivity contribution in [2.45, 2.75) is 50.2 Å². The normalized spacial score (nSPS) is 56.0. The zero-order valence-electron chi connectivity index (χ0n) is 9.28. The molecular formula is C13H20O2. The summed E-state index contributed by atoms with van der Waals surface area (Å²) in [4.78, 5) is 0. The topological polar surface area (TPSA) is 21.8 Å². The molecule has 0 aromatic carbocycles. The van der Waals surface area contributed by atoms with Crippen LogP contribution in [0.3, 0.4) is 0 Å². The first-order chi connectivity index (χ1) is 7.31. The molecule has 2 heteroatoms. The van der Waals surface area contributed by atoms with Crippen molar-refractivity contribution in [3.05, 3.63) is 0 Å². The van der Waals surface area contributed by atoms with Crippen LogP contribution in [-0.2, 0) is 9.47 Å². The first kappa shape index (κ1) is 9.00. The summed E-state index contributed by atoms with van der Waals surface area (Å²) < 4.78 is 11.5. The van der Waals surface area contributed by atoms with E-state index in [-0.39, 0.29) is 0 Å². The zero-order chi connectivity index (χ0) is 9.88. The Morgan fingerprint density at radius 2 is 1.53 bits per heavy atom. The summed E-state index contributed by atoms with van der Waals surface area (Å²) >= 11 is 0. The lowest BCUT2D eigenvalue weighted by atomic mass is 9.54. The molecule has 5 fully saturated rings. The van der Waals surface area contributed by atoms with Gasteiger partial charge in [0.15, 0.2) is 0 Å². The molecule has 0 aromatic heterocycles. The molecule has 1 saturated heterocycles. The molecule has 1 atom stereocenters. The number of rotatable bonds is 3. The molecule has 0 unspecified atom stereocenters. The second-order valence-electron chi connectivity index (χ2n) is 6.37. The highest BCUT2D eigenvalue weighted by Crippen LogP contribution is 2.57. The van der Waals surface area contributed by atoms with Crippen LogP contribution in [0.1, 0.15) is 38.5 Å². The smallest absolute Gasteiger partial charge is 0.104 e. The first-order valence-electron chi connectivity index (χ1n) is 6.57. The minimum Gasteiger partial charge on any atom is -0.372 e. The molecule has 0 radical (unpaired) electrons. The van der Waals surface area contributed by atoms with Crippen molar-refractivity contribution in [2.75, 3.05) is 13.2 Å². The van der Waals surface area contributed by atoms with Crippen molar-refractivity contribution in [3.8, 4) is 0 Å². The molecule has 0 aromatic rings. The zero-order valence-corrected chi connectivity index (χ0v) is 9.28. The van der Waals surface area contributed by atoms with Crippen LogP contribution in [0.5, 0.6) is 0 Å². The van der Waals surface area contributed by atoms with Gasteiger partial charge in [0.2, 0.25) is 0 Å². The third kappa shape index (κ3) is 1.53. The fourth-order valence-corrected chi connectivity index (χ4v) is 4.64. The summed E-state index contributed by atoms with van der Waals surface area (Å²) in [5.74, 6) is 2.99. The van der Waals surface area contributed by atoms with E-state index in [1.165, 1.54) is 38.5 Å². The van der Waals surface area contributed by atoms with E-state index in [2.05, 4.69) is 0 Å². The van der Waals surface area contributed by atoms with E-state index in [0.29, 0.717) is 11.7 Å². The predicted octanol–water partition coefficient (Wildman–Crippen LogP) is 2.37. The second-order valence-corrected chi connectivity index (χ2v) is 6.37. The Kier molecular flexibility index (Phi) is 1.79. The minimum atomic E-state index is 0.292. The lowest BCUT2D eigenvalue weighted by molar-refractivity contribution is -0.164. The molecule has 84 valence electrons. The average molecular weight is 208 g/mol. The Labute approximate surface area is 91.3 Å². The lowest BCUT2D eigenvalue weighted by Crippen LogP contribution is -2.52. The van der Waals surface area contributed by atoms with Crippen LogP contribution in [-0.4, -0.2) is 24.9 Å². The third-order valence-electron chi connectivity index (χ3n) is 4.96. The number of epoxide rings is 1. The molecule has 1 aliphatic heterocycles. The molecule has 15 heavy (non-hydrogen) atoms. The molecule has 5 aliphatic rings. The molecule has 2 nitrogen and oxygen atoms in total. The SMILES string of the molecule is C1C2CC3CC1CC(OC[C@H]1CO1)(C2)C3. The van der Waals surface area contributed by atoms with E-state index in [0.717, 1.165) is 31.0 Å². The first-order valence-corrected chi connectivity index (χ1v) is 6.57. The molecule has 0 amide bonds. The molecule has 1 heterocycles. The van der Waals surface area contributed by atoms with Gasteiger partial charge in [-0.25, -0.2) is 0 Å². The lowest BCUT2D eigenvalue weighted by Gasteiger charge is -2.56. The van der Waals surface area contributed by atoms with Crippen molar-refractivity contribution < 1.29 is 9.47 Å². The fourth-order valence-electron chi connectivity index (χ4n) is 4.64. The van der Waals surface area contributed by atoms with Gasteiger partial charge in [0.1, 0.15) is 6.10 Å². The van der Waals surface area contributed by atoms with Crippen molar-refractivity contribution in [1.82, 2.24) is 0 Å².